The number of hydrogen-bond donors (Lipinski definition) is 0. The molecule has 2 heteroatoms. The van der Waals surface area contributed by atoms with Gasteiger partial charge in [0.1, 0.15) is 0 Å². The van der Waals surface area contributed by atoms with Gasteiger partial charge in [-0.05, 0) is 84.8 Å². The Morgan fingerprint density at radius 3 is 2.00 bits per heavy atom. The Morgan fingerprint density at radius 2 is 1.32 bits per heavy atom. The van der Waals surface area contributed by atoms with E-state index < -0.39 is 0 Å². The summed E-state index contributed by atoms with van der Waals surface area (Å²) in [5.41, 5.74) is 18.5. The van der Waals surface area contributed by atoms with Gasteiger partial charge >= 0.3 is 5.87 Å². The van der Waals surface area contributed by atoms with E-state index in [0.717, 1.165) is 50.5 Å². The van der Waals surface area contributed by atoms with Gasteiger partial charge in [0, 0.05) is 0 Å². The lowest BCUT2D eigenvalue weighted by Gasteiger charge is -2.18. The number of aryl methyl sites for hydroxylation is 2. The van der Waals surface area contributed by atoms with E-state index in [1.165, 1.54) is 84.8 Å². The second kappa shape index (κ2) is 18.6. The summed E-state index contributed by atoms with van der Waals surface area (Å²) in [7, 11) is 0. The summed E-state index contributed by atoms with van der Waals surface area (Å²) in [6, 6.07) is 18.4. The normalized spacial score (nSPS) is 11.6. The first-order chi connectivity index (χ1) is 18.2. The molecule has 0 aliphatic heterocycles. The maximum atomic E-state index is 9.56. The van der Waals surface area contributed by atoms with E-state index in [1.54, 1.807) is 0 Å². The third-order valence-electron chi connectivity index (χ3n) is 7.26. The van der Waals surface area contributed by atoms with Gasteiger partial charge < -0.3 is 5.53 Å². The maximum Gasteiger partial charge on any atom is 0.303 e. The second-order valence-electron chi connectivity index (χ2n) is 10.4. The third kappa shape index (κ3) is 10.7. The van der Waals surface area contributed by atoms with E-state index in [2.05, 4.69) is 86.9 Å². The van der Waals surface area contributed by atoms with Gasteiger partial charge in [0.2, 0.25) is 0 Å². The lowest BCUT2D eigenvalue weighted by atomic mass is 9.84. The zero-order valence-corrected chi connectivity index (χ0v) is 24.1. The number of hydrogen-bond acceptors (Lipinski definition) is 0. The van der Waals surface area contributed by atoms with Crippen LogP contribution in [0.2, 0.25) is 0 Å². The minimum absolute atomic E-state index is 0.895. The molecule has 2 rings (SSSR count). The van der Waals surface area contributed by atoms with E-state index in [9.17, 15) is 5.53 Å². The molecule has 0 bridgehead atoms. The molecular weight excluding hydrogens is 448 g/mol. The van der Waals surface area contributed by atoms with Crippen molar-refractivity contribution in [3.05, 3.63) is 87.5 Å². The van der Waals surface area contributed by atoms with Gasteiger partial charge in [-0.1, -0.05) is 121 Å². The third-order valence-corrected chi connectivity index (χ3v) is 7.26. The van der Waals surface area contributed by atoms with Crippen LogP contribution in [0.25, 0.3) is 11.1 Å². The molecule has 0 heterocycles. The van der Waals surface area contributed by atoms with Crippen LogP contribution in [0.5, 0.6) is 0 Å². The van der Waals surface area contributed by atoms with Crippen molar-refractivity contribution >= 4 is 11.4 Å². The maximum absolute atomic E-state index is 9.56. The average molecular weight is 499 g/mol. The first-order valence-corrected chi connectivity index (χ1v) is 15.1. The summed E-state index contributed by atoms with van der Waals surface area (Å²) in [5, 5.41) is 0. The molecule has 0 saturated heterocycles. The smallest absolute Gasteiger partial charge is 0.303 e. The van der Waals surface area contributed by atoms with Gasteiger partial charge in [-0.3, -0.25) is 0 Å². The molecule has 0 spiro atoms. The lowest BCUT2D eigenvalue weighted by molar-refractivity contribution is 0.00739. The Hall–Kier alpha value is -2.66. The molecule has 0 aliphatic carbocycles. The van der Waals surface area contributed by atoms with Crippen LogP contribution in [0, 0.1) is 0 Å². The fourth-order valence-corrected chi connectivity index (χ4v) is 5.04. The molecule has 0 amide bonds. The van der Waals surface area contributed by atoms with Gasteiger partial charge in [-0.25, -0.2) is 0 Å². The zero-order valence-electron chi connectivity index (χ0n) is 24.1. The molecule has 0 N–H and O–H groups in total. The molecule has 2 aromatic carbocycles. The van der Waals surface area contributed by atoms with Gasteiger partial charge in [0.05, 0.1) is 5.57 Å². The molecule has 37 heavy (non-hydrogen) atoms. The minimum Gasteiger partial charge on any atom is -0.348 e. The van der Waals surface area contributed by atoms with Crippen LogP contribution >= 0.6 is 0 Å². The van der Waals surface area contributed by atoms with Crippen molar-refractivity contribution in [2.45, 2.75) is 124 Å². The first kappa shape index (κ1) is 30.6. The fourth-order valence-electron chi connectivity index (χ4n) is 5.04. The molecule has 0 radical (unpaired) electrons. The fraction of sp³-hybridized carbons (Fsp3) is 0.543. The Morgan fingerprint density at radius 1 is 0.649 bits per heavy atom. The summed E-state index contributed by atoms with van der Waals surface area (Å²) in [6.45, 7) is 9.00. The molecular formula is C35H50N2. The minimum atomic E-state index is 0.895. The van der Waals surface area contributed by atoms with Crippen molar-refractivity contribution in [3.8, 4) is 0 Å². The predicted octanol–water partition coefficient (Wildman–Crippen LogP) is 10.6. The van der Waals surface area contributed by atoms with E-state index in [1.807, 2.05) is 0 Å². The standard InChI is InChI=1S/C35H50N2/c1-5-9-13-15-18-30-19-16-21-32(27-30)35(31-25-23-29(24-26-31)17-11-7-3)34(22-12-8-4)33(28-37-36)20-14-10-6-2/h16,19,21,23-27H,5-15,17-18,20,22H2,1-4H3. The van der Waals surface area contributed by atoms with Crippen LogP contribution in [0.3, 0.4) is 0 Å². The van der Waals surface area contributed by atoms with Crippen LogP contribution < -0.4 is 0 Å². The highest BCUT2D eigenvalue weighted by molar-refractivity contribution is 5.87. The molecule has 2 aromatic rings. The highest BCUT2D eigenvalue weighted by atomic mass is 14.8. The Kier molecular flexibility index (Phi) is 15.3. The van der Waals surface area contributed by atoms with Crippen LogP contribution in [-0.2, 0) is 12.8 Å². The highest BCUT2D eigenvalue weighted by Gasteiger charge is 2.18. The lowest BCUT2D eigenvalue weighted by Crippen LogP contribution is -2.02. The van der Waals surface area contributed by atoms with E-state index in [4.69, 9.17) is 0 Å². The number of unbranched alkanes of at least 4 members (excludes halogenated alkanes) is 7. The van der Waals surface area contributed by atoms with E-state index in [-0.39, 0.29) is 0 Å². The summed E-state index contributed by atoms with van der Waals surface area (Å²) >= 11 is 0. The van der Waals surface area contributed by atoms with Crippen molar-refractivity contribution in [2.24, 2.45) is 0 Å². The summed E-state index contributed by atoms with van der Waals surface area (Å²) < 4.78 is 0. The topological polar surface area (TPSA) is 36.4 Å². The Balaban J connectivity index is 2.65. The van der Waals surface area contributed by atoms with Gasteiger partial charge in [-0.15, -0.1) is 4.79 Å². The predicted molar refractivity (Wildman–Crippen MR) is 161 cm³/mol. The molecule has 0 fully saturated rings. The molecule has 2 nitrogen and oxygen atoms in total. The SMILES string of the molecule is CCCCCCc1cccc(C(=C(CCCC)C(=C=[N+]=[N-])CCCCC)c2ccc(CCCC)cc2)c1. The molecule has 0 saturated carbocycles. The monoisotopic (exact) mass is 498 g/mol. The van der Waals surface area contributed by atoms with Gasteiger partial charge in [0.25, 0.3) is 0 Å². The number of allylic oxidation sites excluding steroid dienone is 2. The second-order valence-corrected chi connectivity index (χ2v) is 10.4. The Bertz CT molecular complexity index is 1030. The van der Waals surface area contributed by atoms with Crippen molar-refractivity contribution in [2.75, 3.05) is 0 Å². The molecule has 0 atom stereocenters. The first-order valence-electron chi connectivity index (χ1n) is 15.1. The van der Waals surface area contributed by atoms with E-state index in [0.29, 0.717) is 0 Å². The number of benzene rings is 2. The molecule has 0 aliphatic rings. The Labute approximate surface area is 227 Å². The summed E-state index contributed by atoms with van der Waals surface area (Å²) in [5.74, 6) is 3.01. The van der Waals surface area contributed by atoms with Gasteiger partial charge in [-0.2, -0.15) is 0 Å². The van der Waals surface area contributed by atoms with E-state index >= 15 is 0 Å². The number of nitrogens with zero attached hydrogens (tertiary/aromatic N) is 2. The largest absolute Gasteiger partial charge is 0.348 e. The molecule has 0 unspecified atom stereocenters. The van der Waals surface area contributed by atoms with Crippen molar-refractivity contribution < 1.29 is 4.79 Å². The van der Waals surface area contributed by atoms with Crippen LogP contribution in [-0.4, -0.2) is 10.7 Å². The van der Waals surface area contributed by atoms with Crippen LogP contribution in [0.1, 0.15) is 133 Å². The number of rotatable bonds is 18. The van der Waals surface area contributed by atoms with Crippen LogP contribution in [0.15, 0.2) is 59.7 Å². The molecule has 200 valence electrons. The zero-order chi connectivity index (χ0) is 26.7. The summed E-state index contributed by atoms with van der Waals surface area (Å²) in [6.07, 6.45) is 17.3. The van der Waals surface area contributed by atoms with Crippen molar-refractivity contribution in [1.29, 1.82) is 0 Å². The quantitative estimate of drug-likeness (QED) is 0.0644. The molecule has 0 aromatic heterocycles. The van der Waals surface area contributed by atoms with Crippen molar-refractivity contribution in [3.63, 3.8) is 0 Å². The van der Waals surface area contributed by atoms with Crippen LogP contribution in [0.4, 0.5) is 0 Å². The van der Waals surface area contributed by atoms with Gasteiger partial charge in [0.15, 0.2) is 0 Å². The average Bonchev–Trinajstić information content (AvgIpc) is 2.92. The highest BCUT2D eigenvalue weighted by Crippen LogP contribution is 2.35. The van der Waals surface area contributed by atoms with Crippen molar-refractivity contribution in [1.82, 2.24) is 0 Å². The summed E-state index contributed by atoms with van der Waals surface area (Å²) in [4.78, 5) is 3.42.